The first-order chi connectivity index (χ1) is 10.3. The summed E-state index contributed by atoms with van der Waals surface area (Å²) >= 11 is 0. The van der Waals surface area contributed by atoms with E-state index in [1.54, 1.807) is 0 Å². The summed E-state index contributed by atoms with van der Waals surface area (Å²) in [6, 6.07) is 0. The second-order valence-electron chi connectivity index (χ2n) is 6.27. The highest BCUT2D eigenvalue weighted by Crippen LogP contribution is 2.25. The highest BCUT2D eigenvalue weighted by Gasteiger charge is 2.35. The third-order valence-corrected chi connectivity index (χ3v) is 4.43. The Hall–Kier alpha value is -0.740. The van der Waals surface area contributed by atoms with E-state index < -0.39 is 11.2 Å². The maximum atomic E-state index is 5.88. The van der Waals surface area contributed by atoms with Crippen LogP contribution in [0.15, 0.2) is 9.98 Å². The molecule has 0 aliphatic heterocycles. The largest absolute Gasteiger partial charge is 0.291 e. The SMILES string of the molecule is CCCN=C(C)C(C)(CC)OOC(C)(CC)C(C)=NCCC. The lowest BCUT2D eigenvalue weighted by Gasteiger charge is -2.34. The van der Waals surface area contributed by atoms with Gasteiger partial charge in [-0.05, 0) is 53.4 Å². The molecule has 0 bridgehead atoms. The first-order valence-corrected chi connectivity index (χ1v) is 8.69. The van der Waals surface area contributed by atoms with Gasteiger partial charge in [-0.25, -0.2) is 9.78 Å². The molecule has 130 valence electrons. The molecule has 0 saturated heterocycles. The third kappa shape index (κ3) is 6.17. The summed E-state index contributed by atoms with van der Waals surface area (Å²) in [7, 11) is 0. The molecule has 4 heteroatoms. The van der Waals surface area contributed by atoms with Crippen LogP contribution in [-0.4, -0.2) is 35.7 Å². The predicted molar refractivity (Wildman–Crippen MR) is 96.1 cm³/mol. The van der Waals surface area contributed by atoms with Crippen LogP contribution >= 0.6 is 0 Å². The Labute approximate surface area is 137 Å². The van der Waals surface area contributed by atoms with Gasteiger partial charge in [0.25, 0.3) is 0 Å². The van der Waals surface area contributed by atoms with E-state index in [9.17, 15) is 0 Å². The van der Waals surface area contributed by atoms with E-state index >= 15 is 0 Å². The van der Waals surface area contributed by atoms with Crippen molar-refractivity contribution >= 4 is 11.4 Å². The molecule has 0 heterocycles. The molecule has 0 amide bonds. The Morgan fingerprint density at radius 3 is 1.27 bits per heavy atom. The van der Waals surface area contributed by atoms with Gasteiger partial charge < -0.3 is 0 Å². The first-order valence-electron chi connectivity index (χ1n) is 8.69. The van der Waals surface area contributed by atoms with Crippen molar-refractivity contribution in [1.29, 1.82) is 0 Å². The lowest BCUT2D eigenvalue weighted by Crippen LogP contribution is -2.43. The molecule has 0 aromatic heterocycles. The van der Waals surface area contributed by atoms with Crippen LogP contribution in [0.5, 0.6) is 0 Å². The van der Waals surface area contributed by atoms with Gasteiger partial charge in [-0.3, -0.25) is 9.98 Å². The molecular weight excluding hydrogens is 276 g/mol. The highest BCUT2D eigenvalue weighted by molar-refractivity contribution is 5.91. The molecule has 0 aromatic carbocycles. The summed E-state index contributed by atoms with van der Waals surface area (Å²) in [5.74, 6) is 0. The van der Waals surface area contributed by atoms with Crippen molar-refractivity contribution in [3.8, 4) is 0 Å². The maximum Gasteiger partial charge on any atom is 0.138 e. The van der Waals surface area contributed by atoms with Crippen molar-refractivity contribution in [2.24, 2.45) is 9.98 Å². The standard InChI is InChI=1S/C18H36N2O2/c1-9-13-19-15(5)17(7,11-3)21-22-18(8,12-4)16(6)20-14-10-2/h9-14H2,1-8H3. The quantitative estimate of drug-likeness (QED) is 0.305. The Morgan fingerprint density at radius 1 is 0.727 bits per heavy atom. The lowest BCUT2D eigenvalue weighted by atomic mass is 9.97. The number of aliphatic imine (C=N–C) groups is 2. The summed E-state index contributed by atoms with van der Waals surface area (Å²) in [5.41, 5.74) is 0.990. The van der Waals surface area contributed by atoms with Crippen molar-refractivity contribution in [3.05, 3.63) is 0 Å². The third-order valence-electron chi connectivity index (χ3n) is 4.43. The van der Waals surface area contributed by atoms with Crippen LogP contribution in [0.1, 0.15) is 81.1 Å². The summed E-state index contributed by atoms with van der Waals surface area (Å²) in [4.78, 5) is 20.9. The summed E-state index contributed by atoms with van der Waals surface area (Å²) in [5, 5.41) is 0. The molecule has 2 atom stereocenters. The Balaban J connectivity index is 5.03. The molecule has 0 fully saturated rings. The number of hydrogen-bond acceptors (Lipinski definition) is 4. The van der Waals surface area contributed by atoms with E-state index in [4.69, 9.17) is 9.78 Å². The van der Waals surface area contributed by atoms with Crippen LogP contribution in [0.25, 0.3) is 0 Å². The average Bonchev–Trinajstić information content (AvgIpc) is 2.54. The van der Waals surface area contributed by atoms with Gasteiger partial charge in [-0.2, -0.15) is 0 Å². The highest BCUT2D eigenvalue weighted by atomic mass is 17.2. The van der Waals surface area contributed by atoms with Crippen molar-refractivity contribution in [1.82, 2.24) is 0 Å². The number of rotatable bonds is 11. The number of nitrogens with zero attached hydrogens (tertiary/aromatic N) is 2. The zero-order chi connectivity index (χ0) is 17.2. The predicted octanol–water partition coefficient (Wildman–Crippen LogP) is 5.01. The smallest absolute Gasteiger partial charge is 0.138 e. The van der Waals surface area contributed by atoms with Crippen molar-refractivity contribution in [3.63, 3.8) is 0 Å². The minimum absolute atomic E-state index is 0.489. The molecule has 0 aliphatic carbocycles. The van der Waals surface area contributed by atoms with Gasteiger partial charge in [0.15, 0.2) is 0 Å². The topological polar surface area (TPSA) is 43.2 Å². The van der Waals surface area contributed by atoms with Crippen LogP contribution in [0.4, 0.5) is 0 Å². The summed E-state index contributed by atoms with van der Waals surface area (Å²) < 4.78 is 0. The normalized spacial score (nSPS) is 18.9. The van der Waals surface area contributed by atoms with Gasteiger partial charge in [-0.1, -0.05) is 27.7 Å². The van der Waals surface area contributed by atoms with Crippen LogP contribution < -0.4 is 0 Å². The second kappa shape index (κ2) is 10.1. The van der Waals surface area contributed by atoms with E-state index in [2.05, 4.69) is 37.7 Å². The molecule has 0 aliphatic rings. The molecule has 2 unspecified atom stereocenters. The average molecular weight is 312 g/mol. The van der Waals surface area contributed by atoms with E-state index in [-0.39, 0.29) is 0 Å². The fourth-order valence-electron chi connectivity index (χ4n) is 1.83. The van der Waals surface area contributed by atoms with Crippen LogP contribution in [0.3, 0.4) is 0 Å². The molecule has 4 nitrogen and oxygen atoms in total. The molecular formula is C18H36N2O2. The lowest BCUT2D eigenvalue weighted by molar-refractivity contribution is -0.377. The molecule has 0 spiro atoms. The molecule has 22 heavy (non-hydrogen) atoms. The summed E-state index contributed by atoms with van der Waals surface area (Å²) in [6.07, 6.45) is 3.70. The van der Waals surface area contributed by atoms with Gasteiger partial charge in [-0.15, -0.1) is 0 Å². The maximum absolute atomic E-state index is 5.88. The minimum atomic E-state index is -0.489. The van der Waals surface area contributed by atoms with Crippen LogP contribution in [0.2, 0.25) is 0 Å². The summed E-state index contributed by atoms with van der Waals surface area (Å²) in [6.45, 7) is 18.2. The van der Waals surface area contributed by atoms with Crippen LogP contribution in [-0.2, 0) is 9.78 Å². The van der Waals surface area contributed by atoms with Gasteiger partial charge >= 0.3 is 0 Å². The molecule has 0 aromatic rings. The number of hydrogen-bond donors (Lipinski definition) is 0. The zero-order valence-electron chi connectivity index (χ0n) is 16.0. The fraction of sp³-hybridized carbons (Fsp3) is 0.889. The van der Waals surface area contributed by atoms with Crippen molar-refractivity contribution < 1.29 is 9.78 Å². The van der Waals surface area contributed by atoms with E-state index in [1.807, 2.05) is 27.7 Å². The zero-order valence-corrected chi connectivity index (χ0v) is 16.0. The van der Waals surface area contributed by atoms with Gasteiger partial charge in [0.05, 0.1) is 0 Å². The fourth-order valence-corrected chi connectivity index (χ4v) is 1.83. The van der Waals surface area contributed by atoms with Crippen molar-refractivity contribution in [2.45, 2.75) is 92.3 Å². The van der Waals surface area contributed by atoms with Gasteiger partial charge in [0.1, 0.15) is 11.2 Å². The molecule has 0 rings (SSSR count). The second-order valence-corrected chi connectivity index (χ2v) is 6.27. The Kier molecular flexibility index (Phi) is 9.77. The monoisotopic (exact) mass is 312 g/mol. The molecule has 0 saturated carbocycles. The molecule has 0 N–H and O–H groups in total. The minimum Gasteiger partial charge on any atom is -0.291 e. The Bertz CT molecular complexity index is 343. The van der Waals surface area contributed by atoms with Crippen molar-refractivity contribution in [2.75, 3.05) is 13.1 Å². The Morgan fingerprint density at radius 2 is 1.05 bits per heavy atom. The first kappa shape index (κ1) is 21.3. The van der Waals surface area contributed by atoms with Crippen LogP contribution in [0, 0.1) is 0 Å². The van der Waals surface area contributed by atoms with Gasteiger partial charge in [0.2, 0.25) is 0 Å². The van der Waals surface area contributed by atoms with Gasteiger partial charge in [0, 0.05) is 24.5 Å². The van der Waals surface area contributed by atoms with E-state index in [0.717, 1.165) is 50.2 Å². The van der Waals surface area contributed by atoms with E-state index in [1.165, 1.54) is 0 Å². The molecule has 0 radical (unpaired) electrons. The van der Waals surface area contributed by atoms with E-state index in [0.29, 0.717) is 0 Å².